The standard InChI is InChI=1S/C13H27NO/c1-10(13(2,3)4)14(5)11-8-6-7-9-12(11)15/h10-12,15H,6-9H2,1-5H3/t10?,11-,12-/m0/s1. The highest BCUT2D eigenvalue weighted by molar-refractivity contribution is 4.87. The third-order valence-corrected chi connectivity index (χ3v) is 4.08. The first-order valence-corrected chi connectivity index (χ1v) is 6.24. The summed E-state index contributed by atoms with van der Waals surface area (Å²) in [6.07, 6.45) is 4.47. The predicted molar refractivity (Wildman–Crippen MR) is 64.9 cm³/mol. The van der Waals surface area contributed by atoms with Crippen LogP contribution in [0.4, 0.5) is 0 Å². The second-order valence-corrected chi connectivity index (χ2v) is 6.13. The Bertz CT molecular complexity index is 197. The molecule has 0 radical (unpaired) electrons. The Labute approximate surface area is 94.7 Å². The van der Waals surface area contributed by atoms with E-state index in [1.807, 2.05) is 0 Å². The van der Waals surface area contributed by atoms with Crippen molar-refractivity contribution < 1.29 is 5.11 Å². The molecular formula is C13H27NO. The molecule has 1 rings (SSSR count). The van der Waals surface area contributed by atoms with E-state index >= 15 is 0 Å². The van der Waals surface area contributed by atoms with Crippen LogP contribution in [0.15, 0.2) is 0 Å². The van der Waals surface area contributed by atoms with Gasteiger partial charge in [-0.15, -0.1) is 0 Å². The number of aliphatic hydroxyl groups is 1. The highest BCUT2D eigenvalue weighted by Gasteiger charge is 2.33. The molecule has 1 N–H and O–H groups in total. The van der Waals surface area contributed by atoms with Gasteiger partial charge in [0.15, 0.2) is 0 Å². The Morgan fingerprint density at radius 2 is 1.73 bits per heavy atom. The van der Waals surface area contributed by atoms with E-state index in [0.29, 0.717) is 12.1 Å². The maximum Gasteiger partial charge on any atom is 0.0695 e. The van der Waals surface area contributed by atoms with Crippen molar-refractivity contribution in [3.63, 3.8) is 0 Å². The summed E-state index contributed by atoms with van der Waals surface area (Å²) in [4.78, 5) is 2.38. The van der Waals surface area contributed by atoms with E-state index in [9.17, 15) is 5.11 Å². The molecule has 0 spiro atoms. The smallest absolute Gasteiger partial charge is 0.0695 e. The van der Waals surface area contributed by atoms with E-state index in [0.717, 1.165) is 12.8 Å². The highest BCUT2D eigenvalue weighted by Crippen LogP contribution is 2.29. The van der Waals surface area contributed by atoms with E-state index in [-0.39, 0.29) is 11.5 Å². The van der Waals surface area contributed by atoms with Crippen molar-refractivity contribution in [2.45, 2.75) is 71.6 Å². The van der Waals surface area contributed by atoms with Crippen molar-refractivity contribution in [3.05, 3.63) is 0 Å². The summed E-state index contributed by atoms with van der Waals surface area (Å²) in [5.41, 5.74) is 0.284. The van der Waals surface area contributed by atoms with Crippen LogP contribution in [0.5, 0.6) is 0 Å². The van der Waals surface area contributed by atoms with Crippen molar-refractivity contribution >= 4 is 0 Å². The van der Waals surface area contributed by atoms with Crippen LogP contribution in [0.2, 0.25) is 0 Å². The van der Waals surface area contributed by atoms with Gasteiger partial charge in [0.05, 0.1) is 6.10 Å². The Morgan fingerprint density at radius 1 is 1.20 bits per heavy atom. The number of rotatable bonds is 2. The van der Waals surface area contributed by atoms with Gasteiger partial charge in [0, 0.05) is 12.1 Å². The maximum atomic E-state index is 10.0. The van der Waals surface area contributed by atoms with E-state index in [2.05, 4.69) is 39.6 Å². The van der Waals surface area contributed by atoms with Crippen molar-refractivity contribution in [2.75, 3.05) is 7.05 Å². The van der Waals surface area contributed by atoms with E-state index in [1.165, 1.54) is 12.8 Å². The third-order valence-electron chi connectivity index (χ3n) is 4.08. The maximum absolute atomic E-state index is 10.0. The fourth-order valence-corrected chi connectivity index (χ4v) is 2.46. The van der Waals surface area contributed by atoms with Crippen molar-refractivity contribution in [1.82, 2.24) is 4.90 Å². The molecule has 3 atom stereocenters. The first kappa shape index (κ1) is 13.0. The van der Waals surface area contributed by atoms with Crippen LogP contribution in [-0.2, 0) is 0 Å². The van der Waals surface area contributed by atoms with E-state index in [1.54, 1.807) is 0 Å². The molecule has 0 aromatic rings. The minimum absolute atomic E-state index is 0.117. The summed E-state index contributed by atoms with van der Waals surface area (Å²) >= 11 is 0. The molecule has 2 heteroatoms. The van der Waals surface area contributed by atoms with Crippen molar-refractivity contribution in [2.24, 2.45) is 5.41 Å². The van der Waals surface area contributed by atoms with Gasteiger partial charge in [-0.3, -0.25) is 4.90 Å². The summed E-state index contributed by atoms with van der Waals surface area (Å²) in [5, 5.41) is 10.0. The van der Waals surface area contributed by atoms with Crippen LogP contribution in [0.25, 0.3) is 0 Å². The zero-order chi connectivity index (χ0) is 11.6. The molecule has 0 amide bonds. The molecule has 0 bridgehead atoms. The number of likely N-dealkylation sites (N-methyl/N-ethyl adjacent to an activating group) is 1. The van der Waals surface area contributed by atoms with Crippen LogP contribution in [-0.4, -0.2) is 35.2 Å². The van der Waals surface area contributed by atoms with Crippen molar-refractivity contribution in [1.29, 1.82) is 0 Å². The molecule has 0 aromatic carbocycles. The quantitative estimate of drug-likeness (QED) is 0.762. The molecule has 1 fully saturated rings. The Kier molecular flexibility index (Phi) is 4.19. The zero-order valence-corrected chi connectivity index (χ0v) is 11.0. The third kappa shape index (κ3) is 3.18. The lowest BCUT2D eigenvalue weighted by Crippen LogP contribution is -2.51. The fourth-order valence-electron chi connectivity index (χ4n) is 2.46. The molecule has 0 saturated heterocycles. The normalized spacial score (nSPS) is 30.6. The lowest BCUT2D eigenvalue weighted by Gasteiger charge is -2.43. The van der Waals surface area contributed by atoms with Gasteiger partial charge in [0.2, 0.25) is 0 Å². The minimum Gasteiger partial charge on any atom is -0.391 e. The summed E-state index contributed by atoms with van der Waals surface area (Å²) in [7, 11) is 2.16. The molecule has 0 heterocycles. The molecule has 1 unspecified atom stereocenters. The van der Waals surface area contributed by atoms with Crippen LogP contribution < -0.4 is 0 Å². The topological polar surface area (TPSA) is 23.5 Å². The summed E-state index contributed by atoms with van der Waals surface area (Å²) in [6.45, 7) is 9.07. The summed E-state index contributed by atoms with van der Waals surface area (Å²) < 4.78 is 0. The molecular weight excluding hydrogens is 186 g/mol. The molecule has 90 valence electrons. The van der Waals surface area contributed by atoms with Gasteiger partial charge in [-0.2, -0.15) is 0 Å². The average molecular weight is 213 g/mol. The van der Waals surface area contributed by atoms with E-state index in [4.69, 9.17) is 0 Å². The van der Waals surface area contributed by atoms with Gasteiger partial charge in [-0.05, 0) is 32.2 Å². The number of hydrogen-bond donors (Lipinski definition) is 1. The van der Waals surface area contributed by atoms with Crippen LogP contribution in [0.3, 0.4) is 0 Å². The molecule has 2 nitrogen and oxygen atoms in total. The Hall–Kier alpha value is -0.0800. The monoisotopic (exact) mass is 213 g/mol. The minimum atomic E-state index is -0.117. The number of hydrogen-bond acceptors (Lipinski definition) is 2. The van der Waals surface area contributed by atoms with Gasteiger partial charge in [0.25, 0.3) is 0 Å². The largest absolute Gasteiger partial charge is 0.391 e. The van der Waals surface area contributed by atoms with Gasteiger partial charge < -0.3 is 5.11 Å². The Balaban J connectivity index is 2.62. The van der Waals surface area contributed by atoms with Gasteiger partial charge >= 0.3 is 0 Å². The fraction of sp³-hybridized carbons (Fsp3) is 1.00. The lowest BCUT2D eigenvalue weighted by atomic mass is 9.84. The van der Waals surface area contributed by atoms with Crippen LogP contribution in [0, 0.1) is 5.41 Å². The Morgan fingerprint density at radius 3 is 2.20 bits per heavy atom. The van der Waals surface area contributed by atoms with Crippen LogP contribution in [0.1, 0.15) is 53.4 Å². The zero-order valence-electron chi connectivity index (χ0n) is 11.0. The molecule has 0 aliphatic heterocycles. The van der Waals surface area contributed by atoms with Crippen molar-refractivity contribution in [3.8, 4) is 0 Å². The predicted octanol–water partition coefficient (Wildman–Crippen LogP) is 2.66. The second-order valence-electron chi connectivity index (χ2n) is 6.13. The molecule has 1 saturated carbocycles. The first-order chi connectivity index (χ1) is 6.84. The highest BCUT2D eigenvalue weighted by atomic mass is 16.3. The van der Waals surface area contributed by atoms with E-state index < -0.39 is 0 Å². The molecule has 1 aliphatic carbocycles. The molecule has 0 aromatic heterocycles. The summed E-state index contributed by atoms with van der Waals surface area (Å²) in [6, 6.07) is 0.878. The van der Waals surface area contributed by atoms with Gasteiger partial charge in [-0.1, -0.05) is 33.6 Å². The SMILES string of the molecule is CC(N(C)[C@H]1CCCC[C@@H]1O)C(C)(C)C. The average Bonchev–Trinajstić information content (AvgIpc) is 2.15. The van der Waals surface area contributed by atoms with Gasteiger partial charge in [-0.25, -0.2) is 0 Å². The first-order valence-electron chi connectivity index (χ1n) is 6.24. The molecule has 15 heavy (non-hydrogen) atoms. The number of aliphatic hydroxyl groups excluding tert-OH is 1. The van der Waals surface area contributed by atoms with Gasteiger partial charge in [0.1, 0.15) is 0 Å². The second kappa shape index (κ2) is 4.84. The van der Waals surface area contributed by atoms with Crippen LogP contribution >= 0.6 is 0 Å². The summed E-state index contributed by atoms with van der Waals surface area (Å²) in [5.74, 6) is 0. The lowest BCUT2D eigenvalue weighted by molar-refractivity contribution is -0.00725. The molecule has 1 aliphatic rings. The number of nitrogens with zero attached hydrogens (tertiary/aromatic N) is 1.